The highest BCUT2D eigenvalue weighted by molar-refractivity contribution is 7.89. The number of benzene rings is 2. The molecule has 1 aliphatic heterocycles. The number of carbonyl (C=O) groups is 1. The fourth-order valence-corrected chi connectivity index (χ4v) is 5.22. The summed E-state index contributed by atoms with van der Waals surface area (Å²) in [6, 6.07) is 9.89. The van der Waals surface area contributed by atoms with Crippen molar-refractivity contribution in [3.05, 3.63) is 53.3 Å². The minimum Gasteiger partial charge on any atom is -0.489 e. The summed E-state index contributed by atoms with van der Waals surface area (Å²) in [6.07, 6.45) is 2.69. The van der Waals surface area contributed by atoms with Crippen molar-refractivity contribution in [1.82, 2.24) is 9.21 Å². The maximum Gasteiger partial charge on any atom is 0.243 e. The van der Waals surface area contributed by atoms with Crippen LogP contribution in [0.1, 0.15) is 26.2 Å². The smallest absolute Gasteiger partial charge is 0.243 e. The highest BCUT2D eigenvalue weighted by Gasteiger charge is 2.27. The zero-order chi connectivity index (χ0) is 24.0. The average Bonchev–Trinajstić information content (AvgIpc) is 2.81. The number of halogens is 2. The molecule has 0 bridgehead atoms. The van der Waals surface area contributed by atoms with E-state index >= 15 is 0 Å². The van der Waals surface area contributed by atoms with E-state index in [4.69, 9.17) is 16.3 Å². The first-order chi connectivity index (χ1) is 15.7. The number of para-hydroxylation sites is 1. The van der Waals surface area contributed by atoms with Crippen LogP contribution in [0.2, 0.25) is 5.02 Å². The van der Waals surface area contributed by atoms with Gasteiger partial charge in [0.1, 0.15) is 6.61 Å². The van der Waals surface area contributed by atoms with E-state index in [9.17, 15) is 17.6 Å². The number of hydrogen-bond donors (Lipinski definition) is 1. The molecule has 33 heavy (non-hydrogen) atoms. The summed E-state index contributed by atoms with van der Waals surface area (Å²) >= 11 is 6.23. The van der Waals surface area contributed by atoms with E-state index in [1.807, 2.05) is 0 Å². The molecule has 2 aromatic carbocycles. The lowest BCUT2D eigenvalue weighted by atomic mass is 10.2. The number of likely N-dealkylation sites (N-methyl/N-ethyl adjacent to an activating group) is 1. The number of amides is 1. The Hall–Kier alpha value is -2.20. The van der Waals surface area contributed by atoms with Crippen LogP contribution >= 0.6 is 11.6 Å². The van der Waals surface area contributed by atoms with Gasteiger partial charge in [-0.1, -0.05) is 30.2 Å². The molecule has 1 atom stereocenters. The number of carbonyl (C=O) groups excluding carboxylic acids is 1. The number of anilines is 1. The summed E-state index contributed by atoms with van der Waals surface area (Å²) in [7, 11) is -1.91. The number of hydrogen-bond acceptors (Lipinski definition) is 5. The molecule has 180 valence electrons. The molecule has 10 heteroatoms. The Labute approximate surface area is 199 Å². The lowest BCUT2D eigenvalue weighted by Crippen LogP contribution is -2.41. The molecule has 1 amide bonds. The van der Waals surface area contributed by atoms with Crippen molar-refractivity contribution in [3.8, 4) is 5.75 Å². The average molecular weight is 498 g/mol. The molecule has 0 aliphatic carbocycles. The van der Waals surface area contributed by atoms with E-state index in [0.717, 1.165) is 19.3 Å². The number of nitrogens with zero attached hydrogens (tertiary/aromatic N) is 2. The summed E-state index contributed by atoms with van der Waals surface area (Å²) in [4.78, 5) is 14.6. The first kappa shape index (κ1) is 25.4. The molecule has 1 N–H and O–H groups in total. The Bertz CT molecular complexity index is 1080. The molecule has 0 unspecified atom stereocenters. The second-order valence-corrected chi connectivity index (χ2v) is 10.4. The summed E-state index contributed by atoms with van der Waals surface area (Å²) < 4.78 is 46.5. The third-order valence-electron chi connectivity index (χ3n) is 5.73. The van der Waals surface area contributed by atoms with Gasteiger partial charge in [-0.15, -0.1) is 0 Å². The van der Waals surface area contributed by atoms with Crippen molar-refractivity contribution >= 4 is 33.2 Å². The van der Waals surface area contributed by atoms with Gasteiger partial charge < -0.3 is 10.1 Å². The molecule has 1 heterocycles. The van der Waals surface area contributed by atoms with Gasteiger partial charge in [0, 0.05) is 19.6 Å². The Morgan fingerprint density at radius 2 is 1.91 bits per heavy atom. The van der Waals surface area contributed by atoms with Crippen LogP contribution in [0.15, 0.2) is 47.4 Å². The zero-order valence-corrected chi connectivity index (χ0v) is 20.3. The van der Waals surface area contributed by atoms with Gasteiger partial charge in [-0.25, -0.2) is 12.8 Å². The monoisotopic (exact) mass is 497 g/mol. The third kappa shape index (κ3) is 6.44. The van der Waals surface area contributed by atoms with Gasteiger partial charge in [0.2, 0.25) is 15.9 Å². The Balaban J connectivity index is 1.61. The Morgan fingerprint density at radius 3 is 2.61 bits per heavy atom. The molecule has 0 aromatic heterocycles. The van der Waals surface area contributed by atoms with E-state index < -0.39 is 21.9 Å². The van der Waals surface area contributed by atoms with E-state index in [1.54, 1.807) is 37.1 Å². The molecule has 2 aromatic rings. The molecule has 1 aliphatic rings. The number of ether oxygens (including phenoxy) is 1. The van der Waals surface area contributed by atoms with E-state index in [0.29, 0.717) is 19.6 Å². The van der Waals surface area contributed by atoms with Gasteiger partial charge in [-0.3, -0.25) is 9.69 Å². The number of sulfonamides is 1. The SMILES string of the molecule is C[C@@H](C(=O)Nc1cc(S(=O)(=O)N2CCCCC2)ccc1Cl)N(C)CCOc1ccccc1F. The summed E-state index contributed by atoms with van der Waals surface area (Å²) in [5.41, 5.74) is 0.239. The van der Waals surface area contributed by atoms with Crippen molar-refractivity contribution < 1.29 is 22.3 Å². The normalized spacial score (nSPS) is 15.9. The van der Waals surface area contributed by atoms with E-state index in [2.05, 4.69) is 5.32 Å². The molecule has 1 fully saturated rings. The van der Waals surface area contributed by atoms with Crippen LogP contribution in [0.25, 0.3) is 0 Å². The predicted molar refractivity (Wildman–Crippen MR) is 127 cm³/mol. The Morgan fingerprint density at radius 1 is 1.21 bits per heavy atom. The minimum absolute atomic E-state index is 0.100. The quantitative estimate of drug-likeness (QED) is 0.566. The number of piperidine rings is 1. The molecule has 1 saturated heterocycles. The van der Waals surface area contributed by atoms with Gasteiger partial charge in [0.05, 0.1) is 21.6 Å². The first-order valence-corrected chi connectivity index (χ1v) is 12.7. The van der Waals surface area contributed by atoms with Crippen molar-refractivity contribution in [1.29, 1.82) is 0 Å². The fraction of sp³-hybridized carbons (Fsp3) is 0.435. The van der Waals surface area contributed by atoms with E-state index in [1.165, 1.54) is 28.6 Å². The standard InChI is InChI=1S/C23H29ClFN3O4S/c1-17(27(2)14-15-32-22-9-5-4-8-20(22)25)23(29)26-21-16-18(10-11-19(21)24)33(30,31)28-12-6-3-7-13-28/h4-5,8-11,16-17H,3,6-7,12-15H2,1-2H3,(H,26,29)/t17-/m0/s1. The zero-order valence-electron chi connectivity index (χ0n) is 18.8. The summed E-state index contributed by atoms with van der Waals surface area (Å²) in [5.74, 6) is -0.640. The topological polar surface area (TPSA) is 79.0 Å². The van der Waals surface area contributed by atoms with Crippen LogP contribution in [0.5, 0.6) is 5.75 Å². The summed E-state index contributed by atoms with van der Waals surface area (Å²) in [5, 5.41) is 2.98. The van der Waals surface area contributed by atoms with Crippen LogP contribution < -0.4 is 10.1 Å². The predicted octanol–water partition coefficient (Wildman–Crippen LogP) is 3.99. The lowest BCUT2D eigenvalue weighted by Gasteiger charge is -2.26. The minimum atomic E-state index is -3.65. The van der Waals surface area contributed by atoms with Crippen LogP contribution in [-0.2, 0) is 14.8 Å². The van der Waals surface area contributed by atoms with Crippen molar-refractivity contribution in [2.24, 2.45) is 0 Å². The molecule has 7 nitrogen and oxygen atoms in total. The third-order valence-corrected chi connectivity index (χ3v) is 7.95. The van der Waals surface area contributed by atoms with Gasteiger partial charge in [-0.2, -0.15) is 4.31 Å². The second kappa shape index (κ2) is 11.3. The van der Waals surface area contributed by atoms with Crippen LogP contribution in [0, 0.1) is 5.82 Å². The molecule has 0 radical (unpaired) electrons. The van der Waals surface area contributed by atoms with Gasteiger partial charge in [0.15, 0.2) is 11.6 Å². The van der Waals surface area contributed by atoms with Crippen LogP contribution in [-0.4, -0.2) is 62.9 Å². The maximum atomic E-state index is 13.7. The maximum absolute atomic E-state index is 13.7. The van der Waals surface area contributed by atoms with Gasteiger partial charge in [0.25, 0.3) is 0 Å². The van der Waals surface area contributed by atoms with Crippen LogP contribution in [0.3, 0.4) is 0 Å². The highest BCUT2D eigenvalue weighted by atomic mass is 35.5. The first-order valence-electron chi connectivity index (χ1n) is 10.9. The Kier molecular flexibility index (Phi) is 8.69. The van der Waals surface area contributed by atoms with Gasteiger partial charge >= 0.3 is 0 Å². The van der Waals surface area contributed by atoms with Crippen LogP contribution in [0.4, 0.5) is 10.1 Å². The number of rotatable bonds is 9. The molecular weight excluding hydrogens is 469 g/mol. The molecular formula is C23H29ClFN3O4S. The second-order valence-electron chi connectivity index (χ2n) is 8.03. The van der Waals surface area contributed by atoms with Crippen molar-refractivity contribution in [2.45, 2.75) is 37.1 Å². The van der Waals surface area contributed by atoms with Gasteiger partial charge in [-0.05, 0) is 57.1 Å². The fourth-order valence-electron chi connectivity index (χ4n) is 3.51. The molecule has 0 saturated carbocycles. The van der Waals surface area contributed by atoms with E-state index in [-0.39, 0.29) is 33.9 Å². The molecule has 3 rings (SSSR count). The highest BCUT2D eigenvalue weighted by Crippen LogP contribution is 2.28. The van der Waals surface area contributed by atoms with Crippen molar-refractivity contribution in [2.75, 3.05) is 38.6 Å². The lowest BCUT2D eigenvalue weighted by molar-refractivity contribution is -0.120. The molecule has 0 spiro atoms. The number of nitrogens with one attached hydrogen (secondary N) is 1. The van der Waals surface area contributed by atoms with Crippen molar-refractivity contribution in [3.63, 3.8) is 0 Å². The summed E-state index contributed by atoms with van der Waals surface area (Å²) in [6.45, 7) is 3.26. The largest absolute Gasteiger partial charge is 0.489 e.